The standard InChI is InChI=1S/C23H21N5O2/c1-4-14-5-6-19-17(7-14)23(26-25-19)15-8-20-18(12-28(3)27-20)21(9-15)30-13(2)16-10-22(29)24-11-16/h1,5-9,12-13,16H,10-11H2,2-3H3,(H,24,29)(H,25,26)/t13-,16-/m1/s1. The summed E-state index contributed by atoms with van der Waals surface area (Å²) in [4.78, 5) is 11.6. The molecule has 0 aliphatic carbocycles. The second kappa shape index (κ2) is 6.92. The third kappa shape index (κ3) is 3.07. The van der Waals surface area contributed by atoms with E-state index < -0.39 is 0 Å². The molecule has 0 spiro atoms. The van der Waals surface area contributed by atoms with E-state index in [4.69, 9.17) is 11.2 Å². The number of aryl methyl sites for hydroxylation is 1. The van der Waals surface area contributed by atoms with E-state index in [1.807, 2.05) is 50.5 Å². The molecule has 0 unspecified atom stereocenters. The maximum Gasteiger partial charge on any atom is 0.220 e. The van der Waals surface area contributed by atoms with Gasteiger partial charge in [0.1, 0.15) is 17.5 Å². The van der Waals surface area contributed by atoms with Gasteiger partial charge < -0.3 is 10.1 Å². The second-order valence-electron chi connectivity index (χ2n) is 7.78. The van der Waals surface area contributed by atoms with E-state index in [0.717, 1.165) is 44.4 Å². The van der Waals surface area contributed by atoms with Gasteiger partial charge >= 0.3 is 0 Å². The maximum absolute atomic E-state index is 11.6. The lowest BCUT2D eigenvalue weighted by Crippen LogP contribution is -2.25. The van der Waals surface area contributed by atoms with Crippen molar-refractivity contribution < 1.29 is 9.53 Å². The zero-order valence-electron chi connectivity index (χ0n) is 16.8. The third-order valence-electron chi connectivity index (χ3n) is 5.69. The number of ether oxygens (including phenoxy) is 1. The van der Waals surface area contributed by atoms with Gasteiger partial charge in [0.2, 0.25) is 5.91 Å². The topological polar surface area (TPSA) is 84.8 Å². The summed E-state index contributed by atoms with van der Waals surface area (Å²) in [6.45, 7) is 2.64. The van der Waals surface area contributed by atoms with E-state index >= 15 is 0 Å². The van der Waals surface area contributed by atoms with Crippen molar-refractivity contribution in [2.45, 2.75) is 19.4 Å². The van der Waals surface area contributed by atoms with Crippen molar-refractivity contribution in [1.82, 2.24) is 25.3 Å². The first-order valence-corrected chi connectivity index (χ1v) is 9.87. The zero-order chi connectivity index (χ0) is 20.8. The average molecular weight is 399 g/mol. The van der Waals surface area contributed by atoms with Crippen LogP contribution in [-0.4, -0.2) is 38.5 Å². The predicted molar refractivity (Wildman–Crippen MR) is 115 cm³/mol. The van der Waals surface area contributed by atoms with Gasteiger partial charge in [-0.1, -0.05) is 5.92 Å². The molecule has 1 saturated heterocycles. The molecule has 1 amide bonds. The molecule has 2 aromatic carbocycles. The molecule has 7 heteroatoms. The van der Waals surface area contributed by atoms with Crippen molar-refractivity contribution in [2.24, 2.45) is 13.0 Å². The zero-order valence-corrected chi connectivity index (χ0v) is 16.8. The van der Waals surface area contributed by atoms with E-state index in [-0.39, 0.29) is 17.9 Å². The molecule has 1 aliphatic rings. The molecule has 3 heterocycles. The molecule has 4 aromatic rings. The average Bonchev–Trinajstić information content (AvgIpc) is 3.44. The lowest BCUT2D eigenvalue weighted by atomic mass is 10.0. The molecule has 5 rings (SSSR count). The van der Waals surface area contributed by atoms with E-state index in [0.29, 0.717) is 13.0 Å². The number of nitrogens with zero attached hydrogens (tertiary/aromatic N) is 3. The number of terminal acetylenes is 1. The Balaban J connectivity index is 1.60. The Kier molecular flexibility index (Phi) is 4.21. The monoisotopic (exact) mass is 399 g/mol. The number of benzene rings is 2. The molecule has 7 nitrogen and oxygen atoms in total. The molecule has 1 aliphatic heterocycles. The van der Waals surface area contributed by atoms with Crippen LogP contribution in [0.4, 0.5) is 0 Å². The van der Waals surface area contributed by atoms with E-state index in [1.165, 1.54) is 0 Å². The highest BCUT2D eigenvalue weighted by molar-refractivity contribution is 5.97. The highest BCUT2D eigenvalue weighted by Gasteiger charge is 2.28. The van der Waals surface area contributed by atoms with Crippen LogP contribution in [0.25, 0.3) is 33.1 Å². The number of rotatable bonds is 4. The minimum Gasteiger partial charge on any atom is -0.490 e. The predicted octanol–water partition coefficient (Wildman–Crippen LogP) is 3.00. The van der Waals surface area contributed by atoms with Crippen molar-refractivity contribution in [3.8, 4) is 29.4 Å². The number of hydrogen-bond donors (Lipinski definition) is 2. The Morgan fingerprint density at radius 1 is 1.30 bits per heavy atom. The summed E-state index contributed by atoms with van der Waals surface area (Å²) in [6, 6.07) is 9.77. The van der Waals surface area contributed by atoms with Gasteiger partial charge in [0.05, 0.1) is 16.4 Å². The molecule has 1 fully saturated rings. The maximum atomic E-state index is 11.6. The SMILES string of the molecule is C#Cc1ccc2[nH]nc(-c3cc(O[C@H](C)[C@H]4CNC(=O)C4)c4cn(C)nc4c3)c2c1. The number of carbonyl (C=O) groups excluding carboxylic acids is 1. The largest absolute Gasteiger partial charge is 0.490 e. The molecule has 2 aromatic heterocycles. The fourth-order valence-electron chi connectivity index (χ4n) is 4.02. The number of H-pyrrole nitrogens is 1. The number of carbonyl (C=O) groups is 1. The summed E-state index contributed by atoms with van der Waals surface area (Å²) in [6.07, 6.45) is 7.89. The van der Waals surface area contributed by atoms with Crippen LogP contribution in [0.5, 0.6) is 5.75 Å². The van der Waals surface area contributed by atoms with E-state index in [1.54, 1.807) is 4.68 Å². The smallest absolute Gasteiger partial charge is 0.220 e. The lowest BCUT2D eigenvalue weighted by molar-refractivity contribution is -0.119. The van der Waals surface area contributed by atoms with Gasteiger partial charge in [-0.25, -0.2) is 0 Å². The summed E-state index contributed by atoms with van der Waals surface area (Å²) in [5.41, 5.74) is 4.22. The van der Waals surface area contributed by atoms with E-state index in [2.05, 4.69) is 26.5 Å². The molecule has 30 heavy (non-hydrogen) atoms. The summed E-state index contributed by atoms with van der Waals surface area (Å²) in [5, 5.41) is 16.9. The summed E-state index contributed by atoms with van der Waals surface area (Å²) in [5.74, 6) is 3.61. The van der Waals surface area contributed by atoms with Crippen molar-refractivity contribution in [1.29, 1.82) is 0 Å². The van der Waals surface area contributed by atoms with Gasteiger partial charge in [-0.2, -0.15) is 10.2 Å². The molecule has 2 N–H and O–H groups in total. The number of aromatic amines is 1. The number of fused-ring (bicyclic) bond motifs is 2. The normalized spacial score (nSPS) is 17.2. The van der Waals surface area contributed by atoms with E-state index in [9.17, 15) is 4.79 Å². The van der Waals surface area contributed by atoms with Crippen molar-refractivity contribution >= 4 is 27.7 Å². The number of nitrogens with one attached hydrogen (secondary N) is 2. The fourth-order valence-corrected chi connectivity index (χ4v) is 4.02. The first-order valence-electron chi connectivity index (χ1n) is 9.87. The second-order valence-corrected chi connectivity index (χ2v) is 7.78. The fraction of sp³-hybridized carbons (Fsp3) is 0.261. The van der Waals surface area contributed by atoms with Gasteiger partial charge in [-0.3, -0.25) is 14.6 Å². The quantitative estimate of drug-likeness (QED) is 0.517. The first kappa shape index (κ1) is 18.3. The Labute approximate surface area is 173 Å². The van der Waals surface area contributed by atoms with Crippen molar-refractivity contribution in [3.05, 3.63) is 42.1 Å². The molecular weight excluding hydrogens is 378 g/mol. The van der Waals surface area contributed by atoms with Gasteiger partial charge in [-0.15, -0.1) is 6.42 Å². The van der Waals surface area contributed by atoms with Crippen LogP contribution in [0, 0.1) is 18.3 Å². The van der Waals surface area contributed by atoms with Crippen LogP contribution < -0.4 is 10.1 Å². The molecule has 150 valence electrons. The van der Waals surface area contributed by atoms with Crippen LogP contribution in [0.3, 0.4) is 0 Å². The molecule has 2 atom stereocenters. The Hall–Kier alpha value is -3.79. The van der Waals surface area contributed by atoms with Crippen LogP contribution in [0.15, 0.2) is 36.5 Å². The highest BCUT2D eigenvalue weighted by Crippen LogP contribution is 2.35. The molecular formula is C23H21N5O2. The minimum absolute atomic E-state index is 0.0723. The van der Waals surface area contributed by atoms with Crippen molar-refractivity contribution in [3.63, 3.8) is 0 Å². The third-order valence-corrected chi connectivity index (χ3v) is 5.69. The summed E-state index contributed by atoms with van der Waals surface area (Å²) < 4.78 is 8.12. The van der Waals surface area contributed by atoms with Gasteiger partial charge in [0, 0.05) is 48.6 Å². The Morgan fingerprint density at radius 3 is 2.93 bits per heavy atom. The summed E-state index contributed by atoms with van der Waals surface area (Å²) in [7, 11) is 1.88. The number of aromatic nitrogens is 4. The van der Waals surface area contributed by atoms with Gasteiger partial charge in [-0.05, 0) is 37.3 Å². The van der Waals surface area contributed by atoms with Crippen LogP contribution in [-0.2, 0) is 11.8 Å². The molecule has 0 bridgehead atoms. The molecule has 0 saturated carbocycles. The van der Waals surface area contributed by atoms with Gasteiger partial charge in [0.25, 0.3) is 0 Å². The number of amides is 1. The van der Waals surface area contributed by atoms with Crippen molar-refractivity contribution in [2.75, 3.05) is 6.54 Å². The highest BCUT2D eigenvalue weighted by atomic mass is 16.5. The van der Waals surface area contributed by atoms with Crippen LogP contribution in [0.1, 0.15) is 18.9 Å². The molecule has 0 radical (unpaired) electrons. The summed E-state index contributed by atoms with van der Waals surface area (Å²) >= 11 is 0. The lowest BCUT2D eigenvalue weighted by Gasteiger charge is -2.20. The van der Waals surface area contributed by atoms with Gasteiger partial charge in [0.15, 0.2) is 0 Å². The Bertz CT molecular complexity index is 1330. The Morgan fingerprint density at radius 2 is 2.17 bits per heavy atom. The van der Waals surface area contributed by atoms with Crippen LogP contribution in [0.2, 0.25) is 0 Å². The first-order chi connectivity index (χ1) is 14.5. The van der Waals surface area contributed by atoms with Crippen LogP contribution >= 0.6 is 0 Å². The minimum atomic E-state index is -0.119. The number of hydrogen-bond acceptors (Lipinski definition) is 4.